The predicted molar refractivity (Wildman–Crippen MR) is 97.0 cm³/mol. The van der Waals surface area contributed by atoms with Gasteiger partial charge in [0.15, 0.2) is 0 Å². The van der Waals surface area contributed by atoms with Crippen molar-refractivity contribution in [3.63, 3.8) is 0 Å². The zero-order valence-electron chi connectivity index (χ0n) is 13.8. The molecule has 2 rings (SSSR count). The summed E-state index contributed by atoms with van der Waals surface area (Å²) in [6, 6.07) is 11.6. The van der Waals surface area contributed by atoms with Gasteiger partial charge in [-0.2, -0.15) is 0 Å². The normalized spacial score (nSPS) is 11.9. The standard InChI is InChI=1S/C18H24N2O2.ClH/c1-12(2)8-17(19)18(21)20-11-13-4-5-15-10-16(22-3)7-6-14(15)9-13;/h4-7,9-10,12,17H,8,11,19H2,1-3H3,(H,20,21);1H/t17-;/m0./s1. The summed E-state index contributed by atoms with van der Waals surface area (Å²) in [5.74, 6) is 1.16. The second-order valence-electron chi connectivity index (χ2n) is 6.00. The number of nitrogens with two attached hydrogens (primary N) is 1. The van der Waals surface area contributed by atoms with Crippen molar-refractivity contribution >= 4 is 29.1 Å². The van der Waals surface area contributed by atoms with Gasteiger partial charge in [-0.05, 0) is 46.9 Å². The minimum atomic E-state index is -0.440. The molecule has 0 saturated heterocycles. The molecule has 5 heteroatoms. The number of ether oxygens (including phenoxy) is 1. The molecule has 1 amide bonds. The van der Waals surface area contributed by atoms with Gasteiger partial charge in [0.1, 0.15) is 5.75 Å². The molecule has 23 heavy (non-hydrogen) atoms. The lowest BCUT2D eigenvalue weighted by Gasteiger charge is -2.14. The first-order chi connectivity index (χ1) is 10.5. The van der Waals surface area contributed by atoms with E-state index in [1.807, 2.05) is 30.3 Å². The van der Waals surface area contributed by atoms with Gasteiger partial charge in [-0.15, -0.1) is 12.4 Å². The molecule has 0 saturated carbocycles. The molecule has 0 spiro atoms. The number of hydrogen-bond acceptors (Lipinski definition) is 3. The monoisotopic (exact) mass is 336 g/mol. The van der Waals surface area contributed by atoms with Gasteiger partial charge < -0.3 is 15.8 Å². The number of hydrogen-bond donors (Lipinski definition) is 2. The highest BCUT2D eigenvalue weighted by atomic mass is 35.5. The highest BCUT2D eigenvalue weighted by molar-refractivity contribution is 5.85. The van der Waals surface area contributed by atoms with Crippen molar-refractivity contribution < 1.29 is 9.53 Å². The molecule has 126 valence electrons. The minimum Gasteiger partial charge on any atom is -0.497 e. The summed E-state index contributed by atoms with van der Waals surface area (Å²) in [5, 5.41) is 5.14. The van der Waals surface area contributed by atoms with Gasteiger partial charge in [-0.3, -0.25) is 4.79 Å². The van der Waals surface area contributed by atoms with Gasteiger partial charge in [-0.1, -0.05) is 32.0 Å². The van der Waals surface area contributed by atoms with E-state index in [4.69, 9.17) is 10.5 Å². The number of halogens is 1. The third-order valence-corrected chi connectivity index (χ3v) is 3.64. The Morgan fingerprint density at radius 2 is 1.83 bits per heavy atom. The predicted octanol–water partition coefficient (Wildman–Crippen LogP) is 3.26. The van der Waals surface area contributed by atoms with E-state index in [0.29, 0.717) is 18.9 Å². The lowest BCUT2D eigenvalue weighted by atomic mass is 10.0. The Bertz CT molecular complexity index is 659. The Labute approximate surface area is 143 Å². The molecule has 0 aliphatic carbocycles. The van der Waals surface area contributed by atoms with Gasteiger partial charge in [-0.25, -0.2) is 0 Å². The Morgan fingerprint density at radius 1 is 1.17 bits per heavy atom. The van der Waals surface area contributed by atoms with E-state index >= 15 is 0 Å². The van der Waals surface area contributed by atoms with E-state index < -0.39 is 6.04 Å². The van der Waals surface area contributed by atoms with E-state index in [1.54, 1.807) is 7.11 Å². The summed E-state index contributed by atoms with van der Waals surface area (Å²) >= 11 is 0. The fourth-order valence-electron chi connectivity index (χ4n) is 2.45. The van der Waals surface area contributed by atoms with E-state index in [2.05, 4.69) is 25.2 Å². The van der Waals surface area contributed by atoms with Crippen LogP contribution >= 0.6 is 12.4 Å². The molecule has 2 aromatic rings. The summed E-state index contributed by atoms with van der Waals surface area (Å²) in [6.45, 7) is 4.61. The fraction of sp³-hybridized carbons (Fsp3) is 0.389. The summed E-state index contributed by atoms with van der Waals surface area (Å²) in [7, 11) is 1.66. The first-order valence-electron chi connectivity index (χ1n) is 7.59. The van der Waals surface area contributed by atoms with Crippen molar-refractivity contribution in [2.24, 2.45) is 11.7 Å². The largest absolute Gasteiger partial charge is 0.497 e. The van der Waals surface area contributed by atoms with Crippen LogP contribution in [0.5, 0.6) is 5.75 Å². The summed E-state index contributed by atoms with van der Waals surface area (Å²) in [4.78, 5) is 11.9. The third-order valence-electron chi connectivity index (χ3n) is 3.64. The van der Waals surface area contributed by atoms with Crippen LogP contribution in [0.15, 0.2) is 36.4 Å². The molecule has 4 nitrogen and oxygen atoms in total. The van der Waals surface area contributed by atoms with E-state index in [-0.39, 0.29) is 18.3 Å². The maximum atomic E-state index is 11.9. The molecule has 3 N–H and O–H groups in total. The van der Waals surface area contributed by atoms with Crippen molar-refractivity contribution in [1.82, 2.24) is 5.32 Å². The molecule has 1 atom stereocenters. The molecule has 0 aliphatic rings. The molecular weight excluding hydrogens is 312 g/mol. The first-order valence-corrected chi connectivity index (χ1v) is 7.59. The molecule has 0 heterocycles. The lowest BCUT2D eigenvalue weighted by Crippen LogP contribution is -2.41. The van der Waals surface area contributed by atoms with E-state index in [1.165, 1.54) is 0 Å². The summed E-state index contributed by atoms with van der Waals surface area (Å²) in [5.41, 5.74) is 6.94. The second-order valence-corrected chi connectivity index (χ2v) is 6.00. The van der Waals surface area contributed by atoms with E-state index in [9.17, 15) is 4.79 Å². The van der Waals surface area contributed by atoms with Crippen LogP contribution < -0.4 is 15.8 Å². The number of carbonyl (C=O) groups excluding carboxylic acids is 1. The highest BCUT2D eigenvalue weighted by Gasteiger charge is 2.14. The number of benzene rings is 2. The zero-order chi connectivity index (χ0) is 16.1. The average molecular weight is 337 g/mol. The van der Waals surface area contributed by atoms with Crippen LogP contribution in [-0.4, -0.2) is 19.1 Å². The van der Waals surface area contributed by atoms with Gasteiger partial charge in [0.25, 0.3) is 0 Å². The number of rotatable bonds is 6. The van der Waals surface area contributed by atoms with Crippen LogP contribution in [0.2, 0.25) is 0 Å². The molecule has 0 unspecified atom stereocenters. The molecule has 0 radical (unpaired) electrons. The zero-order valence-corrected chi connectivity index (χ0v) is 14.7. The van der Waals surface area contributed by atoms with Crippen molar-refractivity contribution in [2.75, 3.05) is 7.11 Å². The van der Waals surface area contributed by atoms with Crippen molar-refractivity contribution in [3.8, 4) is 5.75 Å². The number of methoxy groups -OCH3 is 1. The molecule has 0 bridgehead atoms. The maximum absolute atomic E-state index is 11.9. The molecular formula is C18H25ClN2O2. The van der Waals surface area contributed by atoms with Crippen LogP contribution in [-0.2, 0) is 11.3 Å². The summed E-state index contributed by atoms with van der Waals surface area (Å²) in [6.07, 6.45) is 0.698. The SMILES string of the molecule is COc1ccc2cc(CNC(=O)[C@@H](N)CC(C)C)ccc2c1.Cl. The average Bonchev–Trinajstić information content (AvgIpc) is 2.51. The van der Waals surface area contributed by atoms with Gasteiger partial charge in [0.05, 0.1) is 13.2 Å². The van der Waals surface area contributed by atoms with Crippen LogP contribution in [0.25, 0.3) is 10.8 Å². The lowest BCUT2D eigenvalue weighted by molar-refractivity contribution is -0.122. The molecule has 2 aromatic carbocycles. The van der Waals surface area contributed by atoms with Crippen LogP contribution in [0.1, 0.15) is 25.8 Å². The minimum absolute atomic E-state index is 0. The van der Waals surface area contributed by atoms with Gasteiger partial charge >= 0.3 is 0 Å². The smallest absolute Gasteiger partial charge is 0.237 e. The van der Waals surface area contributed by atoms with Crippen LogP contribution in [0.4, 0.5) is 0 Å². The highest BCUT2D eigenvalue weighted by Crippen LogP contribution is 2.21. The molecule has 0 fully saturated rings. The van der Waals surface area contributed by atoms with Gasteiger partial charge in [0, 0.05) is 6.54 Å². The Kier molecular flexibility index (Phi) is 7.33. The fourth-order valence-corrected chi connectivity index (χ4v) is 2.45. The number of fused-ring (bicyclic) bond motifs is 1. The van der Waals surface area contributed by atoms with Crippen molar-refractivity contribution in [3.05, 3.63) is 42.0 Å². The number of carbonyl (C=O) groups is 1. The van der Waals surface area contributed by atoms with Crippen LogP contribution in [0, 0.1) is 5.92 Å². The maximum Gasteiger partial charge on any atom is 0.237 e. The topological polar surface area (TPSA) is 64.3 Å². The van der Waals surface area contributed by atoms with E-state index in [0.717, 1.165) is 22.1 Å². The first kappa shape index (κ1) is 19.3. The third kappa shape index (κ3) is 5.41. The number of nitrogens with one attached hydrogen (secondary N) is 1. The Morgan fingerprint density at radius 3 is 2.48 bits per heavy atom. The summed E-state index contributed by atoms with van der Waals surface area (Å²) < 4.78 is 5.22. The number of amides is 1. The van der Waals surface area contributed by atoms with Crippen molar-refractivity contribution in [1.29, 1.82) is 0 Å². The molecule has 0 aliphatic heterocycles. The van der Waals surface area contributed by atoms with Crippen molar-refractivity contribution in [2.45, 2.75) is 32.9 Å². The second kappa shape index (κ2) is 8.75. The Balaban J connectivity index is 0.00000264. The Hall–Kier alpha value is -1.78. The quantitative estimate of drug-likeness (QED) is 0.851. The molecule has 0 aromatic heterocycles. The van der Waals surface area contributed by atoms with Gasteiger partial charge in [0.2, 0.25) is 5.91 Å². The van der Waals surface area contributed by atoms with Crippen LogP contribution in [0.3, 0.4) is 0 Å².